The zero-order valence-corrected chi connectivity index (χ0v) is 11.4. The standard InChI is InChI=1S/C11H10Cl2N2OS/c1-6-15-8(5-17-6)3-10(16)11-9(13)2-7(12)4-14-11/h2,4-5,10,16H,3H2,1H3. The number of hydrogen-bond acceptors (Lipinski definition) is 4. The first-order valence-corrected chi connectivity index (χ1v) is 6.60. The van der Waals surface area contributed by atoms with Gasteiger partial charge in [0, 0.05) is 18.0 Å². The average molecular weight is 289 g/mol. The number of aromatic nitrogens is 2. The highest BCUT2D eigenvalue weighted by molar-refractivity contribution is 7.09. The summed E-state index contributed by atoms with van der Waals surface area (Å²) in [6, 6.07) is 1.57. The molecule has 0 aromatic carbocycles. The second kappa shape index (κ2) is 5.31. The van der Waals surface area contributed by atoms with Gasteiger partial charge in [0.2, 0.25) is 0 Å². The molecule has 0 spiro atoms. The minimum Gasteiger partial charge on any atom is -0.386 e. The van der Waals surface area contributed by atoms with E-state index in [1.807, 2.05) is 12.3 Å². The Morgan fingerprint density at radius 1 is 1.47 bits per heavy atom. The summed E-state index contributed by atoms with van der Waals surface area (Å²) in [6.45, 7) is 1.92. The number of rotatable bonds is 3. The third-order valence-corrected chi connectivity index (χ3v) is 3.55. The maximum absolute atomic E-state index is 10.0. The number of aliphatic hydroxyl groups excluding tert-OH is 1. The highest BCUT2D eigenvalue weighted by Crippen LogP contribution is 2.26. The van der Waals surface area contributed by atoms with Crippen molar-refractivity contribution in [1.82, 2.24) is 9.97 Å². The van der Waals surface area contributed by atoms with Crippen molar-refractivity contribution < 1.29 is 5.11 Å². The van der Waals surface area contributed by atoms with Crippen LogP contribution in [0.5, 0.6) is 0 Å². The minimum atomic E-state index is -0.763. The molecule has 0 aliphatic rings. The lowest BCUT2D eigenvalue weighted by Gasteiger charge is -2.10. The van der Waals surface area contributed by atoms with Gasteiger partial charge in [-0.3, -0.25) is 4.98 Å². The molecule has 6 heteroatoms. The summed E-state index contributed by atoms with van der Waals surface area (Å²) >= 11 is 13.3. The van der Waals surface area contributed by atoms with E-state index in [1.54, 1.807) is 17.4 Å². The Bertz CT molecular complexity index is 530. The van der Waals surface area contributed by atoms with Crippen LogP contribution in [-0.4, -0.2) is 15.1 Å². The Morgan fingerprint density at radius 2 is 2.24 bits per heavy atom. The molecule has 17 heavy (non-hydrogen) atoms. The van der Waals surface area contributed by atoms with Crippen LogP contribution >= 0.6 is 34.5 Å². The average Bonchev–Trinajstić information content (AvgIpc) is 2.63. The molecule has 0 aliphatic carbocycles. The topological polar surface area (TPSA) is 46.0 Å². The number of aliphatic hydroxyl groups is 1. The van der Waals surface area contributed by atoms with Crippen molar-refractivity contribution in [1.29, 1.82) is 0 Å². The molecule has 0 saturated carbocycles. The van der Waals surface area contributed by atoms with Crippen LogP contribution < -0.4 is 0 Å². The lowest BCUT2D eigenvalue weighted by atomic mass is 10.1. The molecule has 0 amide bonds. The van der Waals surface area contributed by atoms with E-state index >= 15 is 0 Å². The van der Waals surface area contributed by atoms with Crippen molar-refractivity contribution >= 4 is 34.5 Å². The van der Waals surface area contributed by atoms with E-state index in [1.165, 1.54) is 6.20 Å². The number of pyridine rings is 1. The lowest BCUT2D eigenvalue weighted by Crippen LogP contribution is -2.05. The van der Waals surface area contributed by atoms with Crippen molar-refractivity contribution in [3.63, 3.8) is 0 Å². The summed E-state index contributed by atoms with van der Waals surface area (Å²) in [4.78, 5) is 8.33. The van der Waals surface area contributed by atoms with Crippen LogP contribution in [0.3, 0.4) is 0 Å². The van der Waals surface area contributed by atoms with Crippen LogP contribution in [0.1, 0.15) is 22.5 Å². The van der Waals surface area contributed by atoms with Crippen LogP contribution in [0, 0.1) is 6.92 Å². The number of thiazole rings is 1. The molecule has 2 rings (SSSR count). The van der Waals surface area contributed by atoms with Gasteiger partial charge in [0.05, 0.1) is 26.4 Å². The van der Waals surface area contributed by atoms with Crippen molar-refractivity contribution in [3.05, 3.63) is 44.1 Å². The third-order valence-electron chi connectivity index (χ3n) is 2.22. The predicted molar refractivity (Wildman–Crippen MR) is 69.8 cm³/mol. The van der Waals surface area contributed by atoms with Gasteiger partial charge in [0.15, 0.2) is 0 Å². The first-order valence-electron chi connectivity index (χ1n) is 4.96. The molecule has 0 aliphatic heterocycles. The number of nitrogens with zero attached hydrogens (tertiary/aromatic N) is 2. The van der Waals surface area contributed by atoms with E-state index in [0.29, 0.717) is 22.2 Å². The first kappa shape index (κ1) is 12.8. The van der Waals surface area contributed by atoms with Gasteiger partial charge in [-0.05, 0) is 13.0 Å². The van der Waals surface area contributed by atoms with Crippen molar-refractivity contribution in [2.24, 2.45) is 0 Å². The van der Waals surface area contributed by atoms with Crippen molar-refractivity contribution in [2.45, 2.75) is 19.4 Å². The van der Waals surface area contributed by atoms with E-state index in [9.17, 15) is 5.11 Å². The molecule has 2 aromatic rings. The van der Waals surface area contributed by atoms with Crippen molar-refractivity contribution in [3.8, 4) is 0 Å². The smallest absolute Gasteiger partial charge is 0.103 e. The molecule has 1 atom stereocenters. The normalized spacial score (nSPS) is 12.7. The Hall–Kier alpha value is -0.680. The molecule has 2 heterocycles. The third kappa shape index (κ3) is 3.16. The van der Waals surface area contributed by atoms with Crippen LogP contribution in [0.25, 0.3) is 0 Å². The fourth-order valence-electron chi connectivity index (χ4n) is 1.47. The van der Waals surface area contributed by atoms with Gasteiger partial charge >= 0.3 is 0 Å². The largest absolute Gasteiger partial charge is 0.386 e. The van der Waals surface area contributed by atoms with E-state index in [2.05, 4.69) is 9.97 Å². The maximum Gasteiger partial charge on any atom is 0.103 e. The van der Waals surface area contributed by atoms with Gasteiger partial charge < -0.3 is 5.11 Å². The van der Waals surface area contributed by atoms with Gasteiger partial charge in [-0.25, -0.2) is 4.98 Å². The van der Waals surface area contributed by atoms with Crippen LogP contribution in [0.15, 0.2) is 17.6 Å². The minimum absolute atomic E-state index is 0.372. The fourth-order valence-corrected chi connectivity index (χ4v) is 2.60. The number of halogens is 2. The summed E-state index contributed by atoms with van der Waals surface area (Å²) in [6.07, 6.45) is 1.11. The van der Waals surface area contributed by atoms with Gasteiger partial charge in [-0.15, -0.1) is 11.3 Å². The van der Waals surface area contributed by atoms with Crippen LogP contribution in [0.4, 0.5) is 0 Å². The van der Waals surface area contributed by atoms with Crippen LogP contribution in [-0.2, 0) is 6.42 Å². The quantitative estimate of drug-likeness (QED) is 0.941. The molecular weight excluding hydrogens is 279 g/mol. The molecule has 2 aromatic heterocycles. The molecular formula is C11H10Cl2N2OS. The van der Waals surface area contributed by atoms with Gasteiger partial charge in [-0.1, -0.05) is 23.2 Å². The Labute approximate surface area is 113 Å². The molecule has 0 fully saturated rings. The maximum atomic E-state index is 10.0. The van der Waals surface area contributed by atoms with Gasteiger partial charge in [-0.2, -0.15) is 0 Å². The second-order valence-corrected chi connectivity index (χ2v) is 5.50. The van der Waals surface area contributed by atoms with Crippen molar-refractivity contribution in [2.75, 3.05) is 0 Å². The monoisotopic (exact) mass is 288 g/mol. The zero-order valence-electron chi connectivity index (χ0n) is 9.02. The summed E-state index contributed by atoms with van der Waals surface area (Å²) in [5.41, 5.74) is 1.27. The summed E-state index contributed by atoms with van der Waals surface area (Å²) in [7, 11) is 0. The molecule has 0 bridgehead atoms. The molecule has 90 valence electrons. The lowest BCUT2D eigenvalue weighted by molar-refractivity contribution is 0.172. The molecule has 1 unspecified atom stereocenters. The molecule has 3 nitrogen and oxygen atoms in total. The molecule has 1 N–H and O–H groups in total. The SMILES string of the molecule is Cc1nc(CC(O)c2ncc(Cl)cc2Cl)cs1. The Morgan fingerprint density at radius 3 is 2.82 bits per heavy atom. The number of aryl methyl sites for hydroxylation is 1. The highest BCUT2D eigenvalue weighted by Gasteiger charge is 2.15. The van der Waals surface area contributed by atoms with E-state index < -0.39 is 6.10 Å². The first-order chi connectivity index (χ1) is 8.06. The Balaban J connectivity index is 2.17. The summed E-state index contributed by atoms with van der Waals surface area (Å²) < 4.78 is 0. The fraction of sp³-hybridized carbons (Fsp3) is 0.273. The van der Waals surface area contributed by atoms with Gasteiger partial charge in [0.1, 0.15) is 6.10 Å². The highest BCUT2D eigenvalue weighted by atomic mass is 35.5. The zero-order chi connectivity index (χ0) is 12.4. The number of hydrogen-bond donors (Lipinski definition) is 1. The van der Waals surface area contributed by atoms with Gasteiger partial charge in [0.25, 0.3) is 0 Å². The summed E-state index contributed by atoms with van der Waals surface area (Å²) in [5.74, 6) is 0. The molecule has 0 radical (unpaired) electrons. The van der Waals surface area contributed by atoms with E-state index in [-0.39, 0.29) is 0 Å². The predicted octanol–water partition coefficient (Wildman–Crippen LogP) is 3.43. The van der Waals surface area contributed by atoms with E-state index in [0.717, 1.165) is 10.7 Å². The second-order valence-electron chi connectivity index (χ2n) is 3.60. The Kier molecular flexibility index (Phi) is 3.99. The summed E-state index contributed by atoms with van der Waals surface area (Å²) in [5, 5.41) is 13.7. The van der Waals surface area contributed by atoms with E-state index in [4.69, 9.17) is 23.2 Å². The van der Waals surface area contributed by atoms with Crippen LogP contribution in [0.2, 0.25) is 10.0 Å². The molecule has 0 saturated heterocycles.